The zero-order valence-electron chi connectivity index (χ0n) is 12.0. The van der Waals surface area contributed by atoms with Gasteiger partial charge < -0.3 is 10.4 Å². The van der Waals surface area contributed by atoms with Crippen LogP contribution in [0.3, 0.4) is 0 Å². The van der Waals surface area contributed by atoms with E-state index in [-0.39, 0.29) is 12.4 Å². The molecule has 1 aromatic heterocycles. The van der Waals surface area contributed by atoms with Gasteiger partial charge in [0.05, 0.1) is 0 Å². The Morgan fingerprint density at radius 2 is 2.10 bits per heavy atom. The number of carboxylic acid groups (broad SMARTS) is 1. The lowest BCUT2D eigenvalue weighted by Crippen LogP contribution is -2.28. The lowest BCUT2D eigenvalue weighted by molar-refractivity contribution is -0.137. The summed E-state index contributed by atoms with van der Waals surface area (Å²) in [6.07, 6.45) is 2.31. The molecule has 0 radical (unpaired) electrons. The summed E-state index contributed by atoms with van der Waals surface area (Å²) in [6, 6.07) is 7.62. The van der Waals surface area contributed by atoms with Crippen molar-refractivity contribution in [2.45, 2.75) is 26.8 Å². The van der Waals surface area contributed by atoms with Crippen molar-refractivity contribution < 1.29 is 9.90 Å². The van der Waals surface area contributed by atoms with Crippen molar-refractivity contribution in [2.24, 2.45) is 0 Å². The van der Waals surface area contributed by atoms with Crippen LogP contribution in [0.15, 0.2) is 35.3 Å². The van der Waals surface area contributed by atoms with E-state index in [1.165, 1.54) is 10.8 Å². The molecule has 0 aliphatic heterocycles. The van der Waals surface area contributed by atoms with Crippen molar-refractivity contribution in [1.29, 1.82) is 0 Å². The molecule has 6 heteroatoms. The molecule has 0 aliphatic rings. The number of rotatable bonds is 5. The van der Waals surface area contributed by atoms with Gasteiger partial charge in [0, 0.05) is 17.6 Å². The predicted octanol–water partition coefficient (Wildman–Crippen LogP) is 1.94. The molecular formula is C15H17N3O3. The second kappa shape index (κ2) is 6.21. The molecule has 1 heterocycles. The van der Waals surface area contributed by atoms with Crippen molar-refractivity contribution in [3.05, 3.63) is 52.1 Å². The highest BCUT2D eigenvalue weighted by molar-refractivity contribution is 5.67. The molecule has 1 aromatic carbocycles. The van der Waals surface area contributed by atoms with Gasteiger partial charge in [-0.25, -0.2) is 4.98 Å². The Labute approximate surface area is 122 Å². The highest BCUT2D eigenvalue weighted by Gasteiger charge is 2.11. The fourth-order valence-corrected chi connectivity index (χ4v) is 2.07. The van der Waals surface area contributed by atoms with Crippen molar-refractivity contribution in [3.8, 4) is 0 Å². The first-order valence-electron chi connectivity index (χ1n) is 6.66. The van der Waals surface area contributed by atoms with Crippen molar-refractivity contribution in [2.75, 3.05) is 5.32 Å². The zero-order chi connectivity index (χ0) is 15.4. The van der Waals surface area contributed by atoms with Gasteiger partial charge in [-0.15, -0.1) is 0 Å². The van der Waals surface area contributed by atoms with Gasteiger partial charge in [0.15, 0.2) is 5.82 Å². The van der Waals surface area contributed by atoms with Gasteiger partial charge in [-0.3, -0.25) is 14.2 Å². The van der Waals surface area contributed by atoms with Gasteiger partial charge in [0.25, 0.3) is 5.56 Å². The maximum absolute atomic E-state index is 12.3. The van der Waals surface area contributed by atoms with E-state index in [4.69, 9.17) is 5.11 Å². The SMILES string of the molecule is CCc1ccccc1Nc1ncc(C)n(CC(=O)O)c1=O. The number of aliphatic carboxylic acids is 1. The lowest BCUT2D eigenvalue weighted by Gasteiger charge is -2.12. The van der Waals surface area contributed by atoms with Gasteiger partial charge in [-0.1, -0.05) is 25.1 Å². The topological polar surface area (TPSA) is 84.2 Å². The van der Waals surface area contributed by atoms with Crippen molar-refractivity contribution in [1.82, 2.24) is 9.55 Å². The highest BCUT2D eigenvalue weighted by atomic mass is 16.4. The standard InChI is InChI=1S/C15H17N3O3/c1-3-11-6-4-5-7-12(11)17-14-15(21)18(9-13(19)20)10(2)8-16-14/h4-8H,3,9H2,1-2H3,(H,16,17)(H,19,20). The number of nitrogens with one attached hydrogen (secondary N) is 1. The van der Waals surface area contributed by atoms with Crippen LogP contribution in [0, 0.1) is 6.92 Å². The summed E-state index contributed by atoms with van der Waals surface area (Å²) in [4.78, 5) is 27.2. The molecule has 0 atom stereocenters. The fourth-order valence-electron chi connectivity index (χ4n) is 2.07. The number of aryl methyl sites for hydroxylation is 2. The third-order valence-electron chi connectivity index (χ3n) is 3.20. The van der Waals surface area contributed by atoms with Gasteiger partial charge in [-0.2, -0.15) is 0 Å². The largest absolute Gasteiger partial charge is 0.480 e. The van der Waals surface area contributed by atoms with Crippen LogP contribution in [-0.2, 0) is 17.8 Å². The summed E-state index contributed by atoms with van der Waals surface area (Å²) < 4.78 is 1.19. The minimum Gasteiger partial charge on any atom is -0.480 e. The van der Waals surface area contributed by atoms with Crippen LogP contribution in [0.5, 0.6) is 0 Å². The Morgan fingerprint density at radius 3 is 2.76 bits per heavy atom. The van der Waals surface area contributed by atoms with E-state index in [1.54, 1.807) is 6.92 Å². The van der Waals surface area contributed by atoms with Gasteiger partial charge in [0.2, 0.25) is 0 Å². The van der Waals surface area contributed by atoms with Crippen LogP contribution in [0.4, 0.5) is 11.5 Å². The van der Waals surface area contributed by atoms with Gasteiger partial charge in [-0.05, 0) is 25.0 Å². The second-order valence-electron chi connectivity index (χ2n) is 4.67. The zero-order valence-corrected chi connectivity index (χ0v) is 12.0. The lowest BCUT2D eigenvalue weighted by atomic mass is 10.1. The van der Waals surface area contributed by atoms with Crippen LogP contribution >= 0.6 is 0 Å². The molecule has 0 amide bonds. The summed E-state index contributed by atoms with van der Waals surface area (Å²) in [6.45, 7) is 3.30. The summed E-state index contributed by atoms with van der Waals surface area (Å²) in [5.41, 5.74) is 1.93. The first-order chi connectivity index (χ1) is 10.0. The minimum absolute atomic E-state index is 0.128. The molecule has 0 aliphatic carbocycles. The van der Waals surface area contributed by atoms with E-state index in [0.717, 1.165) is 17.7 Å². The normalized spacial score (nSPS) is 10.4. The quantitative estimate of drug-likeness (QED) is 0.878. The van der Waals surface area contributed by atoms with Crippen LogP contribution in [0.25, 0.3) is 0 Å². The number of hydrogen-bond donors (Lipinski definition) is 2. The van der Waals surface area contributed by atoms with E-state index < -0.39 is 11.5 Å². The molecule has 2 rings (SSSR count). The van der Waals surface area contributed by atoms with Crippen molar-refractivity contribution in [3.63, 3.8) is 0 Å². The minimum atomic E-state index is -1.06. The predicted molar refractivity (Wildman–Crippen MR) is 80.0 cm³/mol. The molecule has 2 N–H and O–H groups in total. The molecule has 2 aromatic rings. The van der Waals surface area contributed by atoms with E-state index >= 15 is 0 Å². The molecule has 0 saturated carbocycles. The average molecular weight is 287 g/mol. The van der Waals surface area contributed by atoms with Crippen LogP contribution in [0.2, 0.25) is 0 Å². The Kier molecular flexibility index (Phi) is 4.37. The smallest absolute Gasteiger partial charge is 0.323 e. The van der Waals surface area contributed by atoms with Crippen LogP contribution < -0.4 is 10.9 Å². The number of hydrogen-bond acceptors (Lipinski definition) is 4. The molecular weight excluding hydrogens is 270 g/mol. The van der Waals surface area contributed by atoms with E-state index in [0.29, 0.717) is 5.69 Å². The average Bonchev–Trinajstić information content (AvgIpc) is 2.46. The summed E-state index contributed by atoms with van der Waals surface area (Å²) in [7, 11) is 0. The number of nitrogens with zero attached hydrogens (tertiary/aromatic N) is 2. The Morgan fingerprint density at radius 1 is 1.38 bits per heavy atom. The molecule has 0 spiro atoms. The van der Waals surface area contributed by atoms with E-state index in [2.05, 4.69) is 10.3 Å². The number of benzene rings is 1. The monoisotopic (exact) mass is 287 g/mol. The summed E-state index contributed by atoms with van der Waals surface area (Å²) in [5, 5.41) is 11.9. The molecule has 0 saturated heterocycles. The van der Waals surface area contributed by atoms with E-state index in [9.17, 15) is 9.59 Å². The summed E-state index contributed by atoms with van der Waals surface area (Å²) >= 11 is 0. The second-order valence-corrected chi connectivity index (χ2v) is 4.67. The Hall–Kier alpha value is -2.63. The molecule has 0 unspecified atom stereocenters. The molecule has 0 bridgehead atoms. The number of carbonyl (C=O) groups is 1. The number of anilines is 2. The number of carboxylic acids is 1. The van der Waals surface area contributed by atoms with E-state index in [1.807, 2.05) is 31.2 Å². The molecule has 0 fully saturated rings. The van der Waals surface area contributed by atoms with Crippen LogP contribution in [-0.4, -0.2) is 20.6 Å². The highest BCUT2D eigenvalue weighted by Crippen LogP contribution is 2.18. The third kappa shape index (κ3) is 3.28. The molecule has 110 valence electrons. The Balaban J connectivity index is 2.41. The molecule has 21 heavy (non-hydrogen) atoms. The van der Waals surface area contributed by atoms with Gasteiger partial charge >= 0.3 is 5.97 Å². The van der Waals surface area contributed by atoms with Crippen LogP contribution in [0.1, 0.15) is 18.2 Å². The maximum atomic E-state index is 12.3. The third-order valence-corrected chi connectivity index (χ3v) is 3.20. The Bertz CT molecular complexity index is 722. The number of aromatic nitrogens is 2. The summed E-state index contributed by atoms with van der Waals surface area (Å²) in [5.74, 6) is -0.936. The van der Waals surface area contributed by atoms with Crippen molar-refractivity contribution >= 4 is 17.5 Å². The maximum Gasteiger partial charge on any atom is 0.323 e. The number of para-hydroxylation sites is 1. The first-order valence-corrected chi connectivity index (χ1v) is 6.66. The fraction of sp³-hybridized carbons (Fsp3) is 0.267. The van der Waals surface area contributed by atoms with Gasteiger partial charge in [0.1, 0.15) is 6.54 Å². The molecule has 6 nitrogen and oxygen atoms in total. The first kappa shape index (κ1) is 14.8.